The first-order valence-corrected chi connectivity index (χ1v) is 6.11. The minimum absolute atomic E-state index is 0.00167. The third kappa shape index (κ3) is 2.73. The first-order chi connectivity index (χ1) is 9.15. The van der Waals surface area contributed by atoms with E-state index in [1.807, 2.05) is 0 Å². The van der Waals surface area contributed by atoms with E-state index in [9.17, 15) is 9.59 Å². The number of hydrogen-bond acceptors (Lipinski definition) is 7. The number of Topliss-reactive ketones (excluding diaryl/α,β-unsaturated/α-hetero) is 1. The zero-order chi connectivity index (χ0) is 13.8. The van der Waals surface area contributed by atoms with E-state index in [4.69, 9.17) is 10.2 Å². The first-order valence-electron chi connectivity index (χ1n) is 6.11. The van der Waals surface area contributed by atoms with Crippen LogP contribution in [0, 0.1) is 0 Å². The maximum absolute atomic E-state index is 11.9. The summed E-state index contributed by atoms with van der Waals surface area (Å²) in [5.41, 5.74) is -0.341. The van der Waals surface area contributed by atoms with E-state index >= 15 is 0 Å². The molecule has 1 unspecified atom stereocenters. The van der Waals surface area contributed by atoms with Crippen molar-refractivity contribution in [1.82, 2.24) is 10.3 Å². The van der Waals surface area contributed by atoms with E-state index in [0.717, 1.165) is 12.8 Å². The van der Waals surface area contributed by atoms with E-state index in [0.29, 0.717) is 12.8 Å². The molecule has 1 fully saturated rings. The molecule has 19 heavy (non-hydrogen) atoms. The van der Waals surface area contributed by atoms with E-state index in [1.54, 1.807) is 0 Å². The molecule has 0 radical (unpaired) electrons. The summed E-state index contributed by atoms with van der Waals surface area (Å²) in [6, 6.07) is -0.467. The van der Waals surface area contributed by atoms with Crippen LogP contribution in [0.2, 0.25) is 0 Å². The first kappa shape index (κ1) is 13.5. The van der Waals surface area contributed by atoms with E-state index in [-0.39, 0.29) is 30.4 Å². The highest BCUT2D eigenvalue weighted by Crippen LogP contribution is 2.25. The Kier molecular flexibility index (Phi) is 4.10. The molecule has 104 valence electrons. The molecule has 0 aromatic carbocycles. The lowest BCUT2D eigenvalue weighted by molar-refractivity contribution is -0.121. The molecular weight excluding hydrogens is 254 g/mol. The number of hydrogen-bond donors (Lipinski definition) is 2. The quantitative estimate of drug-likeness (QED) is 0.771. The molecule has 2 N–H and O–H groups in total. The van der Waals surface area contributed by atoms with Crippen molar-refractivity contribution in [1.29, 1.82) is 0 Å². The van der Waals surface area contributed by atoms with Crippen LogP contribution in [0.15, 0.2) is 4.63 Å². The fourth-order valence-corrected chi connectivity index (χ4v) is 2.32. The van der Waals surface area contributed by atoms with Gasteiger partial charge in [0, 0.05) is 13.0 Å². The minimum Gasteiger partial charge on any atom is -0.476 e. The summed E-state index contributed by atoms with van der Waals surface area (Å²) in [5.74, 6) is -1.25. The van der Waals surface area contributed by atoms with Gasteiger partial charge in [0.05, 0.1) is 12.6 Å². The molecule has 1 saturated carbocycles. The standard InChI is InChI=1S/C11H15N3O5/c15-6-5-14(7-3-1-2-4-8(7)16)10-9(11(17)18)12-19-13-10/h7,15H,1-6H2,(H,17,18). The number of aromatic carboxylic acids is 1. The molecular formula is C11H15N3O5. The van der Waals surface area contributed by atoms with Crippen LogP contribution in [0.4, 0.5) is 5.82 Å². The van der Waals surface area contributed by atoms with Crippen molar-refractivity contribution < 1.29 is 24.4 Å². The minimum atomic E-state index is -1.28. The van der Waals surface area contributed by atoms with Gasteiger partial charge in [-0.3, -0.25) is 4.79 Å². The Bertz CT molecular complexity index is 473. The van der Waals surface area contributed by atoms with Gasteiger partial charge >= 0.3 is 5.97 Å². The lowest BCUT2D eigenvalue weighted by Gasteiger charge is -2.32. The van der Waals surface area contributed by atoms with Crippen LogP contribution >= 0.6 is 0 Å². The molecule has 0 saturated heterocycles. The Morgan fingerprint density at radius 3 is 2.84 bits per heavy atom. The molecule has 1 aromatic rings. The largest absolute Gasteiger partial charge is 0.476 e. The number of ketones is 1. The molecule has 1 heterocycles. The van der Waals surface area contributed by atoms with Gasteiger partial charge in [-0.2, -0.15) is 0 Å². The van der Waals surface area contributed by atoms with Gasteiger partial charge in [-0.25, -0.2) is 9.42 Å². The highest BCUT2D eigenvalue weighted by molar-refractivity contribution is 5.93. The summed E-state index contributed by atoms with van der Waals surface area (Å²) >= 11 is 0. The van der Waals surface area contributed by atoms with Crippen LogP contribution in [0.25, 0.3) is 0 Å². The summed E-state index contributed by atoms with van der Waals surface area (Å²) in [5, 5.41) is 25.0. The zero-order valence-corrected chi connectivity index (χ0v) is 10.3. The van der Waals surface area contributed by atoms with Crippen LogP contribution in [-0.2, 0) is 4.79 Å². The number of carbonyl (C=O) groups is 2. The maximum Gasteiger partial charge on any atom is 0.362 e. The number of aliphatic hydroxyl groups is 1. The van der Waals surface area contributed by atoms with Crippen molar-refractivity contribution in [3.8, 4) is 0 Å². The molecule has 0 bridgehead atoms. The Morgan fingerprint density at radius 2 is 2.21 bits per heavy atom. The Morgan fingerprint density at radius 1 is 1.42 bits per heavy atom. The molecule has 0 spiro atoms. The van der Waals surface area contributed by atoms with Crippen LogP contribution in [-0.4, -0.2) is 51.5 Å². The maximum atomic E-state index is 11.9. The topological polar surface area (TPSA) is 117 Å². The van der Waals surface area contributed by atoms with Crippen molar-refractivity contribution in [2.45, 2.75) is 31.7 Å². The summed E-state index contributed by atoms with van der Waals surface area (Å²) in [7, 11) is 0. The lowest BCUT2D eigenvalue weighted by atomic mass is 9.92. The summed E-state index contributed by atoms with van der Waals surface area (Å²) in [6.45, 7) is -0.0966. The zero-order valence-electron chi connectivity index (χ0n) is 10.3. The highest BCUT2D eigenvalue weighted by Gasteiger charge is 2.33. The second-order valence-corrected chi connectivity index (χ2v) is 4.39. The highest BCUT2D eigenvalue weighted by atomic mass is 16.6. The second-order valence-electron chi connectivity index (χ2n) is 4.39. The van der Waals surface area contributed by atoms with E-state index < -0.39 is 12.0 Å². The average Bonchev–Trinajstić information content (AvgIpc) is 2.86. The van der Waals surface area contributed by atoms with Gasteiger partial charge in [-0.15, -0.1) is 0 Å². The van der Waals surface area contributed by atoms with Crippen molar-refractivity contribution in [2.75, 3.05) is 18.1 Å². The normalized spacial score (nSPS) is 19.4. The summed E-state index contributed by atoms with van der Waals surface area (Å²) in [4.78, 5) is 24.4. The second kappa shape index (κ2) is 5.79. The molecule has 1 atom stereocenters. The SMILES string of the molecule is O=C(O)c1nonc1N(CCO)C1CCCCC1=O. The molecule has 8 nitrogen and oxygen atoms in total. The fourth-order valence-electron chi connectivity index (χ4n) is 2.32. The number of nitrogens with zero attached hydrogens (tertiary/aromatic N) is 3. The summed E-state index contributed by atoms with van der Waals surface area (Å²) < 4.78 is 4.44. The third-order valence-corrected chi connectivity index (χ3v) is 3.19. The van der Waals surface area contributed by atoms with Gasteiger partial charge < -0.3 is 15.1 Å². The van der Waals surface area contributed by atoms with Crippen LogP contribution in [0.5, 0.6) is 0 Å². The molecule has 2 rings (SSSR count). The lowest BCUT2D eigenvalue weighted by Crippen LogP contribution is -2.45. The van der Waals surface area contributed by atoms with Crippen molar-refractivity contribution >= 4 is 17.6 Å². The van der Waals surface area contributed by atoms with Gasteiger partial charge in [0.25, 0.3) is 0 Å². The van der Waals surface area contributed by atoms with Gasteiger partial charge in [0.1, 0.15) is 0 Å². The predicted octanol–water partition coefficient (Wildman–Crippen LogP) is 0.0782. The monoisotopic (exact) mass is 269 g/mol. The summed E-state index contributed by atoms with van der Waals surface area (Å²) in [6.07, 6.45) is 2.79. The number of anilines is 1. The average molecular weight is 269 g/mol. The fraction of sp³-hybridized carbons (Fsp3) is 0.636. The molecule has 0 amide bonds. The van der Waals surface area contributed by atoms with Gasteiger partial charge in [-0.1, -0.05) is 6.42 Å². The molecule has 1 aromatic heterocycles. The van der Waals surface area contributed by atoms with Crippen LogP contribution in [0.3, 0.4) is 0 Å². The molecule has 0 aliphatic heterocycles. The van der Waals surface area contributed by atoms with Gasteiger partial charge in [0.15, 0.2) is 5.78 Å². The van der Waals surface area contributed by atoms with Gasteiger partial charge in [-0.05, 0) is 23.2 Å². The Balaban J connectivity index is 2.30. The number of carbonyl (C=O) groups excluding carboxylic acids is 1. The Hall–Kier alpha value is -1.96. The number of carboxylic acid groups (broad SMARTS) is 1. The third-order valence-electron chi connectivity index (χ3n) is 3.19. The van der Waals surface area contributed by atoms with Crippen molar-refractivity contribution in [3.05, 3.63) is 5.69 Å². The number of rotatable bonds is 5. The van der Waals surface area contributed by atoms with E-state index in [1.165, 1.54) is 4.90 Å². The predicted molar refractivity (Wildman–Crippen MR) is 63.0 cm³/mol. The van der Waals surface area contributed by atoms with Crippen molar-refractivity contribution in [3.63, 3.8) is 0 Å². The van der Waals surface area contributed by atoms with E-state index in [2.05, 4.69) is 14.9 Å². The smallest absolute Gasteiger partial charge is 0.362 e. The van der Waals surface area contributed by atoms with Gasteiger partial charge in [0.2, 0.25) is 11.5 Å². The molecule has 1 aliphatic rings. The number of aliphatic hydroxyl groups excluding tert-OH is 1. The molecule has 8 heteroatoms. The number of aromatic nitrogens is 2. The van der Waals surface area contributed by atoms with Crippen LogP contribution < -0.4 is 4.90 Å². The molecule has 1 aliphatic carbocycles. The Labute approximate surface area is 109 Å². The number of carboxylic acids is 1. The van der Waals surface area contributed by atoms with Crippen molar-refractivity contribution in [2.24, 2.45) is 0 Å². The van der Waals surface area contributed by atoms with Crippen LogP contribution in [0.1, 0.15) is 36.2 Å².